The summed E-state index contributed by atoms with van der Waals surface area (Å²) < 4.78 is 1.28. The normalized spacial score (nSPS) is 28.2. The number of nitrogens with zero attached hydrogens (tertiary/aromatic N) is 1. The highest BCUT2D eigenvalue weighted by atomic mass is 79.9. The maximum Gasteiger partial charge on any atom is 0.0555 e. The molecule has 1 aromatic carbocycles. The molecule has 0 amide bonds. The monoisotopic (exact) mass is 360 g/mol. The first-order chi connectivity index (χ1) is 8.86. The van der Waals surface area contributed by atoms with E-state index >= 15 is 0 Å². The number of benzene rings is 1. The van der Waals surface area contributed by atoms with Gasteiger partial charge in [-0.15, -0.1) is 24.2 Å². The molecule has 1 N–H and O–H groups in total. The SMILES string of the molecule is Brc1ccc2c3c1SCCCN3[C@H]1CCNC[C@@H]21.Cl. The molecule has 3 aliphatic rings. The van der Waals surface area contributed by atoms with Gasteiger partial charge in [-0.1, -0.05) is 6.07 Å². The molecule has 0 bridgehead atoms. The van der Waals surface area contributed by atoms with Crippen molar-refractivity contribution in [3.05, 3.63) is 22.2 Å². The Kier molecular flexibility index (Phi) is 4.05. The summed E-state index contributed by atoms with van der Waals surface area (Å²) in [7, 11) is 0. The Balaban J connectivity index is 0.00000110. The minimum atomic E-state index is 0. The molecule has 0 saturated carbocycles. The second-order valence-electron chi connectivity index (χ2n) is 5.38. The first-order valence-corrected chi connectivity index (χ1v) is 8.56. The van der Waals surface area contributed by atoms with E-state index in [1.165, 1.54) is 41.1 Å². The standard InChI is InChI=1S/C14H17BrN2S.ClH/c15-11-3-2-9-10-8-16-5-4-12(10)17-6-1-7-18-14(11)13(9)17;/h2-3,10,12,16H,1,4-8H2;1H/t10-,12-;/m0./s1. The van der Waals surface area contributed by atoms with Crippen molar-refractivity contribution in [1.29, 1.82) is 0 Å². The van der Waals surface area contributed by atoms with Crippen molar-refractivity contribution < 1.29 is 0 Å². The van der Waals surface area contributed by atoms with E-state index in [2.05, 4.69) is 38.3 Å². The Bertz CT molecular complexity index is 497. The maximum atomic E-state index is 3.74. The van der Waals surface area contributed by atoms with Crippen molar-refractivity contribution in [2.24, 2.45) is 0 Å². The molecule has 1 saturated heterocycles. The summed E-state index contributed by atoms with van der Waals surface area (Å²) in [6.45, 7) is 3.57. The molecular formula is C14H18BrClN2S. The van der Waals surface area contributed by atoms with Crippen molar-refractivity contribution in [1.82, 2.24) is 5.32 Å². The summed E-state index contributed by atoms with van der Waals surface area (Å²) in [6, 6.07) is 5.34. The van der Waals surface area contributed by atoms with E-state index in [1.54, 1.807) is 11.3 Å². The van der Waals surface area contributed by atoms with Crippen LogP contribution in [0.15, 0.2) is 21.5 Å². The zero-order valence-corrected chi connectivity index (χ0v) is 13.9. The van der Waals surface area contributed by atoms with Gasteiger partial charge in [0.15, 0.2) is 0 Å². The highest BCUT2D eigenvalue weighted by molar-refractivity contribution is 9.10. The van der Waals surface area contributed by atoms with Crippen LogP contribution in [0.25, 0.3) is 0 Å². The number of piperidine rings is 1. The van der Waals surface area contributed by atoms with Crippen LogP contribution in [0, 0.1) is 0 Å². The minimum absolute atomic E-state index is 0. The van der Waals surface area contributed by atoms with Gasteiger partial charge in [0, 0.05) is 34.4 Å². The van der Waals surface area contributed by atoms with Gasteiger partial charge >= 0.3 is 0 Å². The van der Waals surface area contributed by atoms with E-state index in [-0.39, 0.29) is 12.4 Å². The zero-order valence-electron chi connectivity index (χ0n) is 10.7. The zero-order chi connectivity index (χ0) is 12.1. The molecule has 2 atom stereocenters. The highest BCUT2D eigenvalue weighted by Gasteiger charge is 2.41. The predicted octanol–water partition coefficient (Wildman–Crippen LogP) is 3.63. The molecule has 0 aromatic heterocycles. The van der Waals surface area contributed by atoms with Crippen LogP contribution in [0.3, 0.4) is 0 Å². The molecule has 4 rings (SSSR count). The van der Waals surface area contributed by atoms with Crippen LogP contribution in [-0.4, -0.2) is 31.4 Å². The fraction of sp³-hybridized carbons (Fsp3) is 0.571. The van der Waals surface area contributed by atoms with Gasteiger partial charge in [-0.25, -0.2) is 0 Å². The third-order valence-corrected chi connectivity index (χ3v) is 6.56. The first-order valence-electron chi connectivity index (χ1n) is 6.79. The number of thioether (sulfide) groups is 1. The largest absolute Gasteiger partial charge is 0.367 e. The number of fused-ring (bicyclic) bond motifs is 3. The molecule has 104 valence electrons. The van der Waals surface area contributed by atoms with Crippen LogP contribution in [-0.2, 0) is 0 Å². The van der Waals surface area contributed by atoms with E-state index < -0.39 is 0 Å². The molecule has 0 unspecified atom stereocenters. The molecule has 19 heavy (non-hydrogen) atoms. The second kappa shape index (κ2) is 5.47. The lowest BCUT2D eigenvalue weighted by Crippen LogP contribution is -2.44. The van der Waals surface area contributed by atoms with E-state index in [0.29, 0.717) is 5.92 Å². The van der Waals surface area contributed by atoms with E-state index in [0.717, 1.165) is 12.6 Å². The molecule has 3 aliphatic heterocycles. The third kappa shape index (κ3) is 2.11. The molecule has 1 aromatic rings. The summed E-state index contributed by atoms with van der Waals surface area (Å²) in [5.41, 5.74) is 3.13. The van der Waals surface area contributed by atoms with Crippen LogP contribution < -0.4 is 10.2 Å². The van der Waals surface area contributed by atoms with Crippen LogP contribution in [0.5, 0.6) is 0 Å². The van der Waals surface area contributed by atoms with E-state index in [9.17, 15) is 0 Å². The van der Waals surface area contributed by atoms with E-state index in [4.69, 9.17) is 0 Å². The minimum Gasteiger partial charge on any atom is -0.367 e. The van der Waals surface area contributed by atoms with Gasteiger partial charge in [-0.2, -0.15) is 0 Å². The van der Waals surface area contributed by atoms with E-state index in [1.807, 2.05) is 11.8 Å². The summed E-state index contributed by atoms with van der Waals surface area (Å²) in [4.78, 5) is 4.19. The molecule has 0 aliphatic carbocycles. The highest BCUT2D eigenvalue weighted by Crippen LogP contribution is 2.51. The Morgan fingerprint density at radius 2 is 2.26 bits per heavy atom. The quantitative estimate of drug-likeness (QED) is 0.759. The fourth-order valence-corrected chi connectivity index (χ4v) is 5.40. The van der Waals surface area contributed by atoms with Crippen molar-refractivity contribution in [2.75, 3.05) is 30.3 Å². The number of rotatable bonds is 0. The van der Waals surface area contributed by atoms with Crippen molar-refractivity contribution in [3.8, 4) is 0 Å². The Hall–Kier alpha value is 0.1000. The van der Waals surface area contributed by atoms with Gasteiger partial charge in [0.05, 0.1) is 5.69 Å². The third-order valence-electron chi connectivity index (χ3n) is 4.44. The smallest absolute Gasteiger partial charge is 0.0555 e. The number of anilines is 1. The van der Waals surface area contributed by atoms with Gasteiger partial charge in [0.25, 0.3) is 0 Å². The van der Waals surface area contributed by atoms with Crippen molar-refractivity contribution >= 4 is 45.8 Å². The summed E-state index contributed by atoms with van der Waals surface area (Å²) >= 11 is 5.77. The van der Waals surface area contributed by atoms with Gasteiger partial charge in [-0.3, -0.25) is 0 Å². The molecule has 5 heteroatoms. The van der Waals surface area contributed by atoms with Gasteiger partial charge in [-0.05, 0) is 52.7 Å². The lowest BCUT2D eigenvalue weighted by molar-refractivity contribution is 0.403. The maximum absolute atomic E-state index is 3.74. The van der Waals surface area contributed by atoms with Gasteiger partial charge < -0.3 is 10.2 Å². The van der Waals surface area contributed by atoms with Crippen LogP contribution >= 0.6 is 40.1 Å². The first kappa shape index (κ1) is 14.1. The van der Waals surface area contributed by atoms with Gasteiger partial charge in [0.1, 0.15) is 0 Å². The van der Waals surface area contributed by atoms with Crippen LogP contribution in [0.4, 0.5) is 5.69 Å². The average molecular weight is 362 g/mol. The van der Waals surface area contributed by atoms with Crippen molar-refractivity contribution in [2.45, 2.75) is 29.7 Å². The molecule has 2 nitrogen and oxygen atoms in total. The molecule has 1 fully saturated rings. The Morgan fingerprint density at radius 1 is 1.37 bits per heavy atom. The molecule has 3 heterocycles. The topological polar surface area (TPSA) is 15.3 Å². The molecular weight excluding hydrogens is 344 g/mol. The Labute approximate surface area is 133 Å². The summed E-state index contributed by atoms with van der Waals surface area (Å²) in [5, 5.41) is 3.57. The van der Waals surface area contributed by atoms with Crippen LogP contribution in [0.2, 0.25) is 0 Å². The average Bonchev–Trinajstić information content (AvgIpc) is 2.57. The number of nitrogens with one attached hydrogen (secondary N) is 1. The lowest BCUT2D eigenvalue weighted by Gasteiger charge is -2.33. The molecule has 0 radical (unpaired) electrons. The van der Waals surface area contributed by atoms with Crippen LogP contribution in [0.1, 0.15) is 24.3 Å². The van der Waals surface area contributed by atoms with Crippen molar-refractivity contribution in [3.63, 3.8) is 0 Å². The lowest BCUT2D eigenvalue weighted by atomic mass is 9.90. The molecule has 0 spiro atoms. The Morgan fingerprint density at radius 3 is 3.16 bits per heavy atom. The second-order valence-corrected chi connectivity index (χ2v) is 7.34. The summed E-state index contributed by atoms with van der Waals surface area (Å²) in [6.07, 6.45) is 2.60. The number of halogens is 2. The summed E-state index contributed by atoms with van der Waals surface area (Å²) in [5.74, 6) is 1.96. The number of hydrogen-bond donors (Lipinski definition) is 1. The number of hydrogen-bond acceptors (Lipinski definition) is 3. The van der Waals surface area contributed by atoms with Gasteiger partial charge in [0.2, 0.25) is 0 Å². The fourth-order valence-electron chi connectivity index (χ4n) is 3.68. The predicted molar refractivity (Wildman–Crippen MR) is 88.1 cm³/mol.